The highest BCUT2D eigenvalue weighted by Crippen LogP contribution is 2.40. The first kappa shape index (κ1) is 10.3. The molecule has 2 heterocycles. The Balaban J connectivity index is 2.08. The van der Waals surface area contributed by atoms with Crippen LogP contribution >= 0.6 is 0 Å². The van der Waals surface area contributed by atoms with Crippen LogP contribution in [-0.2, 0) is 4.79 Å². The Morgan fingerprint density at radius 1 is 1.41 bits per heavy atom. The van der Waals surface area contributed by atoms with Gasteiger partial charge in [0.1, 0.15) is 5.78 Å². The van der Waals surface area contributed by atoms with Gasteiger partial charge in [-0.3, -0.25) is 4.79 Å². The number of Topliss-reactive ketones (excluding diaryl/α,β-unsaturated/α-hetero) is 1. The first-order chi connectivity index (χ1) is 8.31. The predicted molar refractivity (Wildman–Crippen MR) is 65.7 cm³/mol. The summed E-state index contributed by atoms with van der Waals surface area (Å²) in [5, 5.41) is 0. The fourth-order valence-corrected chi connectivity index (χ4v) is 2.50. The summed E-state index contributed by atoms with van der Waals surface area (Å²) in [6, 6.07) is 8.40. The number of ketones is 1. The molecule has 0 unspecified atom stereocenters. The molecular formula is C14H14N2O. The number of rotatable bonds is 3. The maximum atomic E-state index is 11.7. The van der Waals surface area contributed by atoms with Crippen LogP contribution in [0.3, 0.4) is 0 Å². The van der Waals surface area contributed by atoms with Crippen LogP contribution in [0, 0.1) is 0 Å². The van der Waals surface area contributed by atoms with Crippen LogP contribution in [0.15, 0.2) is 36.8 Å². The van der Waals surface area contributed by atoms with Gasteiger partial charge in [-0.15, -0.1) is 0 Å². The van der Waals surface area contributed by atoms with E-state index in [0.29, 0.717) is 18.6 Å². The minimum atomic E-state index is 0.135. The quantitative estimate of drug-likeness (QED) is 0.806. The lowest BCUT2D eigenvalue weighted by Gasteiger charge is -2.13. The topological polar surface area (TPSA) is 34.9 Å². The van der Waals surface area contributed by atoms with Gasteiger partial charge in [-0.2, -0.15) is 0 Å². The van der Waals surface area contributed by atoms with Crippen LogP contribution in [0.5, 0.6) is 0 Å². The first-order valence-electron chi connectivity index (χ1n) is 5.94. The Kier molecular flexibility index (Phi) is 2.32. The Morgan fingerprint density at radius 3 is 3.06 bits per heavy atom. The Morgan fingerprint density at radius 2 is 2.24 bits per heavy atom. The molecule has 0 amide bonds. The van der Waals surface area contributed by atoms with Crippen LogP contribution in [0.25, 0.3) is 11.3 Å². The standard InChI is InChI=1S/C14H14N2O/c1-2-10(17)7-13-11-5-3-4-6-12(11)14-8-15-9-16(13)14/h3-6,8-9,13H,2,7H2,1H3/t13-/m0/s1. The van der Waals surface area contributed by atoms with Crippen LogP contribution in [0.4, 0.5) is 0 Å². The van der Waals surface area contributed by atoms with Gasteiger partial charge in [0.15, 0.2) is 0 Å². The SMILES string of the molecule is CCC(=O)C[C@H]1c2ccccc2-c2cncn21. The maximum absolute atomic E-state index is 11.7. The smallest absolute Gasteiger partial charge is 0.135 e. The molecule has 2 aromatic rings. The molecule has 1 aliphatic rings. The Hall–Kier alpha value is -1.90. The zero-order chi connectivity index (χ0) is 11.8. The third-order valence-electron chi connectivity index (χ3n) is 3.41. The predicted octanol–water partition coefficient (Wildman–Crippen LogP) is 2.82. The summed E-state index contributed by atoms with van der Waals surface area (Å²) < 4.78 is 2.11. The number of carbonyl (C=O) groups excluding carboxylic acids is 1. The number of carbonyl (C=O) groups is 1. The van der Waals surface area contributed by atoms with Gasteiger partial charge in [-0.25, -0.2) is 4.98 Å². The van der Waals surface area contributed by atoms with Crippen molar-refractivity contribution in [1.82, 2.24) is 9.55 Å². The highest BCUT2D eigenvalue weighted by atomic mass is 16.1. The van der Waals surface area contributed by atoms with Crippen molar-refractivity contribution in [3.8, 4) is 11.3 Å². The molecule has 0 spiro atoms. The molecule has 3 heteroatoms. The highest BCUT2D eigenvalue weighted by molar-refractivity contribution is 5.80. The average molecular weight is 226 g/mol. The van der Waals surface area contributed by atoms with Gasteiger partial charge in [0, 0.05) is 18.4 Å². The van der Waals surface area contributed by atoms with Gasteiger partial charge < -0.3 is 4.57 Å². The van der Waals surface area contributed by atoms with Gasteiger partial charge in [0.05, 0.1) is 24.3 Å². The van der Waals surface area contributed by atoms with Crippen molar-refractivity contribution in [3.05, 3.63) is 42.4 Å². The number of imidazole rings is 1. The second-order valence-corrected chi connectivity index (χ2v) is 4.39. The van der Waals surface area contributed by atoms with Crippen molar-refractivity contribution in [2.45, 2.75) is 25.8 Å². The number of benzene rings is 1. The molecule has 1 aromatic carbocycles. The molecule has 0 radical (unpaired) electrons. The van der Waals surface area contributed by atoms with Crippen molar-refractivity contribution in [1.29, 1.82) is 0 Å². The lowest BCUT2D eigenvalue weighted by atomic mass is 9.99. The molecule has 86 valence electrons. The van der Waals surface area contributed by atoms with E-state index in [2.05, 4.69) is 21.7 Å². The minimum absolute atomic E-state index is 0.135. The van der Waals surface area contributed by atoms with E-state index in [1.165, 1.54) is 11.1 Å². The van der Waals surface area contributed by atoms with Crippen molar-refractivity contribution < 1.29 is 4.79 Å². The first-order valence-corrected chi connectivity index (χ1v) is 5.94. The number of nitrogens with zero attached hydrogens (tertiary/aromatic N) is 2. The van der Waals surface area contributed by atoms with E-state index in [9.17, 15) is 4.79 Å². The number of aromatic nitrogens is 2. The highest BCUT2D eigenvalue weighted by Gasteiger charge is 2.28. The van der Waals surface area contributed by atoms with E-state index in [1.807, 2.05) is 31.6 Å². The molecule has 0 bridgehead atoms. The molecule has 3 rings (SSSR count). The molecule has 0 fully saturated rings. The second kappa shape index (κ2) is 3.84. The zero-order valence-corrected chi connectivity index (χ0v) is 9.76. The van der Waals surface area contributed by atoms with Crippen molar-refractivity contribution in [3.63, 3.8) is 0 Å². The van der Waals surface area contributed by atoms with Gasteiger partial charge in [-0.05, 0) is 5.56 Å². The fourth-order valence-electron chi connectivity index (χ4n) is 2.50. The van der Waals surface area contributed by atoms with Crippen LogP contribution in [0.1, 0.15) is 31.4 Å². The normalized spacial score (nSPS) is 16.6. The minimum Gasteiger partial charge on any atom is -0.323 e. The molecule has 17 heavy (non-hydrogen) atoms. The maximum Gasteiger partial charge on any atom is 0.135 e. The van der Waals surface area contributed by atoms with E-state index in [1.54, 1.807) is 0 Å². The summed E-state index contributed by atoms with van der Waals surface area (Å²) in [6.07, 6.45) is 4.86. The monoisotopic (exact) mass is 226 g/mol. The Labute approximate surface area is 100 Å². The lowest BCUT2D eigenvalue weighted by molar-refractivity contribution is -0.119. The van der Waals surface area contributed by atoms with Crippen molar-refractivity contribution >= 4 is 5.78 Å². The van der Waals surface area contributed by atoms with E-state index >= 15 is 0 Å². The molecule has 1 aromatic heterocycles. The van der Waals surface area contributed by atoms with Gasteiger partial charge in [0.25, 0.3) is 0 Å². The molecule has 0 saturated heterocycles. The van der Waals surface area contributed by atoms with E-state index < -0.39 is 0 Å². The molecule has 0 saturated carbocycles. The Bertz CT molecular complexity index is 571. The van der Waals surface area contributed by atoms with Crippen LogP contribution in [0.2, 0.25) is 0 Å². The van der Waals surface area contributed by atoms with Gasteiger partial charge in [0.2, 0.25) is 0 Å². The molecule has 0 N–H and O–H groups in total. The molecule has 0 aliphatic carbocycles. The number of hydrogen-bond acceptors (Lipinski definition) is 2. The molecule has 3 nitrogen and oxygen atoms in total. The average Bonchev–Trinajstić information content (AvgIpc) is 2.93. The molecule has 1 aliphatic heterocycles. The summed E-state index contributed by atoms with van der Waals surface area (Å²) in [7, 11) is 0. The summed E-state index contributed by atoms with van der Waals surface area (Å²) in [4.78, 5) is 15.9. The second-order valence-electron chi connectivity index (χ2n) is 4.39. The van der Waals surface area contributed by atoms with Crippen molar-refractivity contribution in [2.75, 3.05) is 0 Å². The number of hydrogen-bond donors (Lipinski definition) is 0. The van der Waals surface area contributed by atoms with Crippen LogP contribution < -0.4 is 0 Å². The van der Waals surface area contributed by atoms with Crippen LogP contribution in [-0.4, -0.2) is 15.3 Å². The summed E-state index contributed by atoms with van der Waals surface area (Å²) in [6.45, 7) is 1.91. The summed E-state index contributed by atoms with van der Waals surface area (Å²) >= 11 is 0. The third kappa shape index (κ3) is 1.50. The lowest BCUT2D eigenvalue weighted by Crippen LogP contribution is -2.10. The third-order valence-corrected chi connectivity index (χ3v) is 3.41. The van der Waals surface area contributed by atoms with E-state index in [0.717, 1.165) is 5.69 Å². The van der Waals surface area contributed by atoms with E-state index in [4.69, 9.17) is 0 Å². The van der Waals surface area contributed by atoms with E-state index in [-0.39, 0.29) is 6.04 Å². The molecule has 1 atom stereocenters. The van der Waals surface area contributed by atoms with Crippen molar-refractivity contribution in [2.24, 2.45) is 0 Å². The number of fused-ring (bicyclic) bond motifs is 3. The summed E-state index contributed by atoms with van der Waals surface area (Å²) in [5.41, 5.74) is 3.57. The largest absolute Gasteiger partial charge is 0.323 e. The zero-order valence-electron chi connectivity index (χ0n) is 9.76. The summed E-state index contributed by atoms with van der Waals surface area (Å²) in [5.74, 6) is 0.298. The van der Waals surface area contributed by atoms with Gasteiger partial charge in [-0.1, -0.05) is 31.2 Å². The molecular weight excluding hydrogens is 212 g/mol. The van der Waals surface area contributed by atoms with Gasteiger partial charge >= 0.3 is 0 Å². The fraction of sp³-hybridized carbons (Fsp3) is 0.286.